The molecule has 3 rings (SSSR count). The van der Waals surface area contributed by atoms with Gasteiger partial charge in [0.05, 0.1) is 6.33 Å². The Hall–Kier alpha value is -3.41. The van der Waals surface area contributed by atoms with Crippen LogP contribution < -0.4 is 10.6 Å². The number of aromatic nitrogens is 2. The van der Waals surface area contributed by atoms with Gasteiger partial charge in [0.25, 0.3) is 11.8 Å². The SMILES string of the molecule is Cc1cccc(NC(=O)c2nc[nH]c2C(=O)Nc2ccccc2C)c1. The van der Waals surface area contributed by atoms with Crippen LogP contribution in [0.4, 0.5) is 11.4 Å². The molecule has 3 N–H and O–H groups in total. The summed E-state index contributed by atoms with van der Waals surface area (Å²) in [7, 11) is 0. The molecule has 0 radical (unpaired) electrons. The second-order valence-electron chi connectivity index (χ2n) is 5.72. The van der Waals surface area contributed by atoms with Gasteiger partial charge in [-0.05, 0) is 43.2 Å². The quantitative estimate of drug-likeness (QED) is 0.682. The van der Waals surface area contributed by atoms with Crippen LogP contribution in [0.5, 0.6) is 0 Å². The van der Waals surface area contributed by atoms with Crippen LogP contribution in [0.3, 0.4) is 0 Å². The van der Waals surface area contributed by atoms with Gasteiger partial charge in [-0.15, -0.1) is 0 Å². The van der Waals surface area contributed by atoms with Gasteiger partial charge in [-0.25, -0.2) is 4.98 Å². The molecule has 0 bridgehead atoms. The van der Waals surface area contributed by atoms with Crippen LogP contribution >= 0.6 is 0 Å². The van der Waals surface area contributed by atoms with Crippen molar-refractivity contribution in [2.75, 3.05) is 10.6 Å². The van der Waals surface area contributed by atoms with E-state index in [1.165, 1.54) is 6.33 Å². The van der Waals surface area contributed by atoms with E-state index in [2.05, 4.69) is 20.6 Å². The maximum absolute atomic E-state index is 12.5. The molecule has 0 spiro atoms. The lowest BCUT2D eigenvalue weighted by Crippen LogP contribution is -2.20. The summed E-state index contributed by atoms with van der Waals surface area (Å²) >= 11 is 0. The second kappa shape index (κ2) is 7.00. The number of aryl methyl sites for hydroxylation is 2. The summed E-state index contributed by atoms with van der Waals surface area (Å²) in [5.74, 6) is -0.858. The smallest absolute Gasteiger partial charge is 0.276 e. The number of amides is 2. The molecule has 0 aliphatic carbocycles. The van der Waals surface area contributed by atoms with Gasteiger partial charge in [-0.1, -0.05) is 30.3 Å². The molecule has 0 saturated carbocycles. The van der Waals surface area contributed by atoms with Crippen molar-refractivity contribution >= 4 is 23.2 Å². The van der Waals surface area contributed by atoms with Gasteiger partial charge in [-0.2, -0.15) is 0 Å². The molecule has 0 aliphatic heterocycles. The van der Waals surface area contributed by atoms with Crippen molar-refractivity contribution < 1.29 is 9.59 Å². The molecule has 2 amide bonds. The number of nitrogens with one attached hydrogen (secondary N) is 3. The highest BCUT2D eigenvalue weighted by molar-refractivity contribution is 6.13. The zero-order valence-corrected chi connectivity index (χ0v) is 14.0. The number of carbonyl (C=O) groups excluding carboxylic acids is 2. The van der Waals surface area contributed by atoms with Crippen LogP contribution in [0.25, 0.3) is 0 Å². The Morgan fingerprint density at radius 1 is 0.960 bits per heavy atom. The van der Waals surface area contributed by atoms with Gasteiger partial charge in [-0.3, -0.25) is 9.59 Å². The average molecular weight is 334 g/mol. The molecule has 1 heterocycles. The number of hydrogen-bond donors (Lipinski definition) is 3. The highest BCUT2D eigenvalue weighted by Gasteiger charge is 2.21. The molecule has 0 fully saturated rings. The Morgan fingerprint density at radius 3 is 2.52 bits per heavy atom. The van der Waals surface area contributed by atoms with Gasteiger partial charge in [0.1, 0.15) is 5.69 Å². The van der Waals surface area contributed by atoms with Gasteiger partial charge in [0.15, 0.2) is 5.69 Å². The van der Waals surface area contributed by atoms with Crippen molar-refractivity contribution in [3.8, 4) is 0 Å². The number of anilines is 2. The summed E-state index contributed by atoms with van der Waals surface area (Å²) in [5.41, 5.74) is 3.46. The van der Waals surface area contributed by atoms with Gasteiger partial charge < -0.3 is 15.6 Å². The first-order chi connectivity index (χ1) is 12.0. The summed E-state index contributed by atoms with van der Waals surface area (Å²) in [4.78, 5) is 31.7. The Balaban J connectivity index is 1.79. The van der Waals surface area contributed by atoms with E-state index < -0.39 is 11.8 Å². The fraction of sp³-hybridized carbons (Fsp3) is 0.105. The lowest BCUT2D eigenvalue weighted by Gasteiger charge is -2.09. The lowest BCUT2D eigenvalue weighted by atomic mass is 10.2. The van der Waals surface area contributed by atoms with Gasteiger partial charge in [0, 0.05) is 11.4 Å². The third-order valence-electron chi connectivity index (χ3n) is 3.75. The number of H-pyrrole nitrogens is 1. The molecule has 1 aromatic heterocycles. The van der Waals surface area contributed by atoms with E-state index in [1.807, 2.05) is 50.2 Å². The number of hydrogen-bond acceptors (Lipinski definition) is 3. The van der Waals surface area contributed by atoms with E-state index in [0.717, 1.165) is 11.1 Å². The number of aromatic amines is 1. The zero-order valence-electron chi connectivity index (χ0n) is 14.0. The Bertz CT molecular complexity index is 930. The van der Waals surface area contributed by atoms with E-state index in [0.29, 0.717) is 11.4 Å². The fourth-order valence-corrected chi connectivity index (χ4v) is 2.45. The first kappa shape index (κ1) is 16.4. The number of imidazole rings is 1. The van der Waals surface area contributed by atoms with Crippen molar-refractivity contribution in [2.45, 2.75) is 13.8 Å². The largest absolute Gasteiger partial charge is 0.340 e. The third kappa shape index (κ3) is 3.74. The highest BCUT2D eigenvalue weighted by Crippen LogP contribution is 2.16. The molecule has 3 aromatic rings. The van der Waals surface area contributed by atoms with Crippen LogP contribution in [0.15, 0.2) is 54.9 Å². The zero-order chi connectivity index (χ0) is 17.8. The van der Waals surface area contributed by atoms with Crippen LogP contribution in [-0.2, 0) is 0 Å². The molecule has 126 valence electrons. The first-order valence-corrected chi connectivity index (χ1v) is 7.83. The molecule has 0 aliphatic rings. The monoisotopic (exact) mass is 334 g/mol. The Morgan fingerprint density at radius 2 is 1.76 bits per heavy atom. The van der Waals surface area contributed by atoms with E-state index in [1.54, 1.807) is 12.1 Å². The Kier molecular flexibility index (Phi) is 4.61. The molecule has 2 aromatic carbocycles. The molecule has 6 heteroatoms. The molecule has 0 saturated heterocycles. The standard InChI is InChI=1S/C19H18N4O2/c1-12-6-5-8-14(10-12)22-18(24)16-17(21-11-20-16)19(25)23-15-9-4-3-7-13(15)2/h3-11H,1-2H3,(H,20,21)(H,22,24)(H,23,25). The number of para-hydroxylation sites is 1. The van der Waals surface area contributed by atoms with Crippen molar-refractivity contribution in [3.63, 3.8) is 0 Å². The van der Waals surface area contributed by atoms with Crippen molar-refractivity contribution in [2.24, 2.45) is 0 Å². The number of carbonyl (C=O) groups is 2. The Labute approximate surface area is 145 Å². The van der Waals surface area contributed by atoms with E-state index in [-0.39, 0.29) is 11.4 Å². The van der Waals surface area contributed by atoms with Crippen LogP contribution in [0.1, 0.15) is 32.1 Å². The van der Waals surface area contributed by atoms with E-state index >= 15 is 0 Å². The van der Waals surface area contributed by atoms with Crippen LogP contribution in [0.2, 0.25) is 0 Å². The minimum Gasteiger partial charge on any atom is -0.340 e. The topological polar surface area (TPSA) is 86.9 Å². The summed E-state index contributed by atoms with van der Waals surface area (Å²) in [5, 5.41) is 5.54. The predicted molar refractivity (Wildman–Crippen MR) is 96.9 cm³/mol. The van der Waals surface area contributed by atoms with Gasteiger partial charge >= 0.3 is 0 Å². The maximum Gasteiger partial charge on any atom is 0.276 e. The van der Waals surface area contributed by atoms with E-state index in [9.17, 15) is 9.59 Å². The van der Waals surface area contributed by atoms with Crippen molar-refractivity contribution in [3.05, 3.63) is 77.4 Å². The molecule has 6 nitrogen and oxygen atoms in total. The third-order valence-corrected chi connectivity index (χ3v) is 3.75. The lowest BCUT2D eigenvalue weighted by molar-refractivity contribution is 0.0985. The fourth-order valence-electron chi connectivity index (χ4n) is 2.45. The highest BCUT2D eigenvalue weighted by atomic mass is 16.2. The first-order valence-electron chi connectivity index (χ1n) is 7.83. The van der Waals surface area contributed by atoms with Crippen molar-refractivity contribution in [1.82, 2.24) is 9.97 Å². The predicted octanol–water partition coefficient (Wildman–Crippen LogP) is 3.53. The number of nitrogens with zero attached hydrogens (tertiary/aromatic N) is 1. The average Bonchev–Trinajstić information content (AvgIpc) is 3.07. The van der Waals surface area contributed by atoms with Gasteiger partial charge in [0.2, 0.25) is 0 Å². The molecule has 0 atom stereocenters. The molecule has 25 heavy (non-hydrogen) atoms. The number of benzene rings is 2. The maximum atomic E-state index is 12.5. The van der Waals surface area contributed by atoms with Crippen molar-refractivity contribution in [1.29, 1.82) is 0 Å². The minimum atomic E-state index is -0.443. The summed E-state index contributed by atoms with van der Waals surface area (Å²) < 4.78 is 0. The van der Waals surface area contributed by atoms with E-state index in [4.69, 9.17) is 0 Å². The normalized spacial score (nSPS) is 10.3. The summed E-state index contributed by atoms with van der Waals surface area (Å²) in [6.07, 6.45) is 1.33. The molecule has 0 unspecified atom stereocenters. The second-order valence-corrected chi connectivity index (χ2v) is 5.72. The molecular formula is C19H18N4O2. The summed E-state index contributed by atoms with van der Waals surface area (Å²) in [6, 6.07) is 14.8. The molecular weight excluding hydrogens is 316 g/mol. The minimum absolute atomic E-state index is 0.0487. The number of rotatable bonds is 4. The van der Waals surface area contributed by atoms with Crippen LogP contribution in [0, 0.1) is 13.8 Å². The van der Waals surface area contributed by atoms with Crippen LogP contribution in [-0.4, -0.2) is 21.8 Å². The summed E-state index contributed by atoms with van der Waals surface area (Å²) in [6.45, 7) is 3.83.